The van der Waals surface area contributed by atoms with E-state index in [1.165, 1.54) is 0 Å². The van der Waals surface area contributed by atoms with E-state index in [4.69, 9.17) is 5.26 Å². The first-order valence-electron chi connectivity index (χ1n) is 9.90. The number of β-amino-alcohol motifs (C(OH)–C–C–N with tert-alkyl or cyclic N) is 1. The van der Waals surface area contributed by atoms with Crippen LogP contribution in [0.3, 0.4) is 0 Å². The molecule has 1 fully saturated rings. The van der Waals surface area contributed by atoms with E-state index in [2.05, 4.69) is 11.0 Å². The maximum Gasteiger partial charge on any atom is 0.242 e. The minimum atomic E-state index is -0.282. The first kappa shape index (κ1) is 20.8. The number of anilines is 1. The lowest BCUT2D eigenvalue weighted by atomic mass is 10.0. The van der Waals surface area contributed by atoms with E-state index in [9.17, 15) is 9.90 Å². The normalized spacial score (nSPS) is 17.5. The Bertz CT molecular complexity index is 847. The summed E-state index contributed by atoms with van der Waals surface area (Å²) in [5.41, 5.74) is 2.58. The van der Waals surface area contributed by atoms with Crippen LogP contribution in [-0.4, -0.2) is 67.2 Å². The fourth-order valence-electron chi connectivity index (χ4n) is 3.72. The van der Waals surface area contributed by atoms with E-state index < -0.39 is 0 Å². The highest BCUT2D eigenvalue weighted by atomic mass is 16.3. The van der Waals surface area contributed by atoms with Gasteiger partial charge in [0, 0.05) is 39.4 Å². The quantitative estimate of drug-likeness (QED) is 0.783. The molecule has 29 heavy (non-hydrogen) atoms. The summed E-state index contributed by atoms with van der Waals surface area (Å²) in [6.07, 6.45) is 0.496. The number of aliphatic hydroxyl groups excluding tert-OH is 1. The van der Waals surface area contributed by atoms with E-state index >= 15 is 0 Å². The van der Waals surface area contributed by atoms with Gasteiger partial charge in [0.25, 0.3) is 0 Å². The van der Waals surface area contributed by atoms with Crippen molar-refractivity contribution in [1.29, 1.82) is 5.26 Å². The second-order valence-electron chi connectivity index (χ2n) is 7.65. The molecule has 6 heteroatoms. The van der Waals surface area contributed by atoms with Gasteiger partial charge in [0.1, 0.15) is 0 Å². The summed E-state index contributed by atoms with van der Waals surface area (Å²) < 4.78 is 0. The summed E-state index contributed by atoms with van der Waals surface area (Å²) in [5.74, 6) is 0.0189. The first-order valence-corrected chi connectivity index (χ1v) is 9.90. The lowest BCUT2D eigenvalue weighted by Crippen LogP contribution is -2.43. The molecule has 0 aliphatic carbocycles. The minimum absolute atomic E-state index is 0.0189. The number of nitrogens with zero attached hydrogens (tertiary/aromatic N) is 4. The van der Waals surface area contributed by atoms with Gasteiger partial charge in [-0.2, -0.15) is 5.26 Å². The monoisotopic (exact) mass is 392 g/mol. The smallest absolute Gasteiger partial charge is 0.242 e. The Morgan fingerprint density at radius 3 is 2.48 bits per heavy atom. The Morgan fingerprint density at radius 2 is 1.90 bits per heavy atom. The predicted molar refractivity (Wildman–Crippen MR) is 113 cm³/mol. The Balaban J connectivity index is 1.71. The third-order valence-electron chi connectivity index (χ3n) is 5.53. The number of hydrogen-bond acceptors (Lipinski definition) is 5. The number of aliphatic hydroxyl groups is 1. The Kier molecular flexibility index (Phi) is 6.86. The van der Waals surface area contributed by atoms with Crippen molar-refractivity contribution in [3.05, 3.63) is 65.7 Å². The zero-order valence-corrected chi connectivity index (χ0v) is 17.0. The molecule has 0 bridgehead atoms. The van der Waals surface area contributed by atoms with Crippen LogP contribution in [0.1, 0.15) is 23.6 Å². The standard InChI is InChI=1S/C23H28N4O2/c1-25(20-10-8-18(14-24)9-11-20)17-23(29)26(2)22(19-6-4-3-5-7-19)16-27-13-12-21(28)15-27/h3-11,21-22,28H,12-13,15-17H2,1-2H3/t21?,22-/m1/s1. The Morgan fingerprint density at radius 1 is 1.21 bits per heavy atom. The molecule has 0 saturated carbocycles. The van der Waals surface area contributed by atoms with Crippen LogP contribution in [0, 0.1) is 11.3 Å². The van der Waals surface area contributed by atoms with Gasteiger partial charge < -0.3 is 14.9 Å². The summed E-state index contributed by atoms with van der Waals surface area (Å²) in [4.78, 5) is 19.0. The molecule has 2 aromatic rings. The number of carbonyl (C=O) groups excluding carboxylic acids is 1. The molecule has 0 radical (unpaired) electrons. The van der Waals surface area contributed by atoms with Gasteiger partial charge in [-0.15, -0.1) is 0 Å². The fraction of sp³-hybridized carbons (Fsp3) is 0.391. The molecular weight excluding hydrogens is 364 g/mol. The van der Waals surface area contributed by atoms with Gasteiger partial charge in [-0.05, 0) is 36.2 Å². The first-order chi connectivity index (χ1) is 14.0. The van der Waals surface area contributed by atoms with Gasteiger partial charge in [0.15, 0.2) is 0 Å². The lowest BCUT2D eigenvalue weighted by molar-refractivity contribution is -0.131. The van der Waals surface area contributed by atoms with Crippen LogP contribution in [0.5, 0.6) is 0 Å². The number of nitriles is 1. The van der Waals surface area contributed by atoms with Crippen molar-refractivity contribution in [2.75, 3.05) is 45.2 Å². The molecule has 6 nitrogen and oxygen atoms in total. The molecule has 1 aliphatic heterocycles. The van der Waals surface area contributed by atoms with Crippen molar-refractivity contribution in [2.45, 2.75) is 18.6 Å². The van der Waals surface area contributed by atoms with E-state index in [1.807, 2.05) is 61.5 Å². The molecule has 1 N–H and O–H groups in total. The molecule has 1 heterocycles. The SMILES string of the molecule is CN(CC(=O)N(C)[C@H](CN1CCC(O)C1)c1ccccc1)c1ccc(C#N)cc1. The largest absolute Gasteiger partial charge is 0.392 e. The van der Waals surface area contributed by atoms with Gasteiger partial charge >= 0.3 is 0 Å². The maximum atomic E-state index is 13.1. The molecule has 1 amide bonds. The van der Waals surface area contributed by atoms with Crippen LogP contribution in [0.25, 0.3) is 0 Å². The second kappa shape index (κ2) is 9.55. The highest BCUT2D eigenvalue weighted by Gasteiger charge is 2.28. The van der Waals surface area contributed by atoms with Gasteiger partial charge in [-0.1, -0.05) is 30.3 Å². The minimum Gasteiger partial charge on any atom is -0.392 e. The van der Waals surface area contributed by atoms with E-state index in [0.717, 1.165) is 24.2 Å². The number of carbonyl (C=O) groups is 1. The van der Waals surface area contributed by atoms with Crippen LogP contribution < -0.4 is 4.90 Å². The summed E-state index contributed by atoms with van der Waals surface area (Å²) in [6.45, 7) is 2.44. The van der Waals surface area contributed by atoms with E-state index in [1.54, 1.807) is 17.0 Å². The molecule has 1 aliphatic rings. The maximum absolute atomic E-state index is 13.1. The van der Waals surface area contributed by atoms with Gasteiger partial charge in [-0.25, -0.2) is 0 Å². The third-order valence-corrected chi connectivity index (χ3v) is 5.53. The molecule has 1 saturated heterocycles. The third kappa shape index (κ3) is 5.35. The summed E-state index contributed by atoms with van der Waals surface area (Å²) in [5, 5.41) is 18.8. The zero-order valence-electron chi connectivity index (χ0n) is 17.0. The van der Waals surface area contributed by atoms with Crippen LogP contribution in [0.15, 0.2) is 54.6 Å². The fourth-order valence-corrected chi connectivity index (χ4v) is 3.72. The molecule has 152 valence electrons. The predicted octanol–water partition coefficient (Wildman–Crippen LogP) is 2.26. The number of benzene rings is 2. The van der Waals surface area contributed by atoms with Gasteiger partial charge in [0.05, 0.1) is 30.3 Å². The summed E-state index contributed by atoms with van der Waals surface area (Å²) in [7, 11) is 3.72. The van der Waals surface area contributed by atoms with Crippen molar-refractivity contribution in [1.82, 2.24) is 9.80 Å². The number of likely N-dealkylation sites (tertiary alicyclic amines) is 1. The lowest BCUT2D eigenvalue weighted by Gasteiger charge is -2.33. The van der Waals surface area contributed by atoms with Crippen LogP contribution >= 0.6 is 0 Å². The average Bonchev–Trinajstić information content (AvgIpc) is 3.17. The number of hydrogen-bond donors (Lipinski definition) is 1. The number of rotatable bonds is 7. The summed E-state index contributed by atoms with van der Waals surface area (Å²) in [6, 6.07) is 19.3. The molecule has 3 rings (SSSR count). The van der Waals surface area contributed by atoms with Crippen LogP contribution in [0.2, 0.25) is 0 Å². The van der Waals surface area contributed by atoms with E-state index in [-0.39, 0.29) is 24.6 Å². The molecule has 0 spiro atoms. The number of likely N-dealkylation sites (N-methyl/N-ethyl adjacent to an activating group) is 2. The topological polar surface area (TPSA) is 70.8 Å². The van der Waals surface area contributed by atoms with Crippen molar-refractivity contribution >= 4 is 11.6 Å². The highest BCUT2D eigenvalue weighted by molar-refractivity contribution is 5.81. The second-order valence-corrected chi connectivity index (χ2v) is 7.65. The van der Waals surface area contributed by atoms with Crippen molar-refractivity contribution < 1.29 is 9.90 Å². The van der Waals surface area contributed by atoms with Crippen molar-refractivity contribution in [3.63, 3.8) is 0 Å². The van der Waals surface area contributed by atoms with Crippen molar-refractivity contribution in [3.8, 4) is 6.07 Å². The molecule has 1 unspecified atom stereocenters. The van der Waals surface area contributed by atoms with Crippen molar-refractivity contribution in [2.24, 2.45) is 0 Å². The average molecular weight is 393 g/mol. The molecular formula is C23H28N4O2. The molecule has 2 aromatic carbocycles. The van der Waals surface area contributed by atoms with E-state index in [0.29, 0.717) is 18.7 Å². The molecule has 0 aromatic heterocycles. The highest BCUT2D eigenvalue weighted by Crippen LogP contribution is 2.24. The summed E-state index contributed by atoms with van der Waals surface area (Å²) >= 11 is 0. The van der Waals surface area contributed by atoms with Gasteiger partial charge in [-0.3, -0.25) is 9.69 Å². The molecule has 2 atom stereocenters. The van der Waals surface area contributed by atoms with Crippen LogP contribution in [0.4, 0.5) is 5.69 Å². The number of amides is 1. The van der Waals surface area contributed by atoms with Gasteiger partial charge in [0.2, 0.25) is 5.91 Å². The Hall–Kier alpha value is -2.88. The Labute approximate surface area is 172 Å². The zero-order chi connectivity index (χ0) is 20.8. The van der Waals surface area contributed by atoms with Crippen LogP contribution in [-0.2, 0) is 4.79 Å².